The summed E-state index contributed by atoms with van der Waals surface area (Å²) in [5.41, 5.74) is 5.00. The lowest BCUT2D eigenvalue weighted by atomic mass is 9.77. The predicted octanol–water partition coefficient (Wildman–Crippen LogP) is 8.60. The maximum absolute atomic E-state index is 13.6. The second-order valence-corrected chi connectivity index (χ2v) is 11.3. The highest BCUT2D eigenvalue weighted by molar-refractivity contribution is 5.97. The van der Waals surface area contributed by atoms with Crippen LogP contribution in [0.2, 0.25) is 0 Å². The van der Waals surface area contributed by atoms with Crippen molar-refractivity contribution in [1.29, 1.82) is 0 Å². The number of anilines is 4. The van der Waals surface area contributed by atoms with Gasteiger partial charge in [-0.3, -0.25) is 0 Å². The number of hydrogen-bond acceptors (Lipinski definition) is 8. The molecule has 2 aliphatic heterocycles. The standard InChI is InChI=1S/C39H36N2O6/c1-6-40(7-2)27-16-21-32-35(22-27)46-36-24-37(45-5)34(23-33(36)39(32)31-11-9-8-10-30(31)38(42)47-39)41(25-12-17-28(43-3)18-13-25)26-14-19-29(44-4)20-15-26/h8-24H,6-7H2,1-5H3. The SMILES string of the molecule is CCN(CC)c1ccc2c(c1)Oc1cc(OC)c(N(c3ccc(OC)cc3)c3ccc(OC)cc3)cc1C21OC(=O)c2ccccc21. The molecule has 1 atom stereocenters. The summed E-state index contributed by atoms with van der Waals surface area (Å²) in [5, 5.41) is 0. The smallest absolute Gasteiger partial charge is 0.340 e. The minimum atomic E-state index is -1.25. The van der Waals surface area contributed by atoms with E-state index in [4.69, 9.17) is 23.7 Å². The van der Waals surface area contributed by atoms with Crippen molar-refractivity contribution in [2.75, 3.05) is 44.2 Å². The highest BCUT2D eigenvalue weighted by Gasteiger charge is 2.54. The highest BCUT2D eigenvalue weighted by Crippen LogP contribution is 2.59. The lowest BCUT2D eigenvalue weighted by Gasteiger charge is -2.38. The van der Waals surface area contributed by atoms with Crippen LogP contribution in [0.25, 0.3) is 0 Å². The summed E-state index contributed by atoms with van der Waals surface area (Å²) < 4.78 is 30.2. The largest absolute Gasteiger partial charge is 0.497 e. The highest BCUT2D eigenvalue weighted by atomic mass is 16.6. The first-order valence-electron chi connectivity index (χ1n) is 15.7. The molecular weight excluding hydrogens is 592 g/mol. The van der Waals surface area contributed by atoms with E-state index in [1.54, 1.807) is 21.3 Å². The number of nitrogens with zero attached hydrogens (tertiary/aromatic N) is 2. The second kappa shape index (κ2) is 11.9. The van der Waals surface area contributed by atoms with Gasteiger partial charge in [0.1, 0.15) is 28.7 Å². The van der Waals surface area contributed by atoms with E-state index < -0.39 is 5.60 Å². The molecule has 7 rings (SSSR count). The number of carbonyl (C=O) groups is 1. The Bertz CT molecular complexity index is 1900. The van der Waals surface area contributed by atoms with Crippen molar-refractivity contribution in [3.63, 3.8) is 0 Å². The summed E-state index contributed by atoms with van der Waals surface area (Å²) in [6.07, 6.45) is 0. The van der Waals surface area contributed by atoms with Gasteiger partial charge >= 0.3 is 5.97 Å². The van der Waals surface area contributed by atoms with Crippen molar-refractivity contribution in [3.8, 4) is 28.7 Å². The summed E-state index contributed by atoms with van der Waals surface area (Å²) >= 11 is 0. The molecule has 0 N–H and O–H groups in total. The average Bonchev–Trinajstić information content (AvgIpc) is 3.41. The van der Waals surface area contributed by atoms with E-state index in [9.17, 15) is 4.79 Å². The maximum Gasteiger partial charge on any atom is 0.340 e. The molecule has 2 aliphatic rings. The maximum atomic E-state index is 13.6. The lowest BCUT2D eigenvalue weighted by molar-refractivity contribution is 0.0224. The molecule has 8 heteroatoms. The molecule has 0 radical (unpaired) electrons. The van der Waals surface area contributed by atoms with Gasteiger partial charge in [-0.1, -0.05) is 18.2 Å². The molecule has 0 aliphatic carbocycles. The number of ether oxygens (including phenoxy) is 5. The Morgan fingerprint density at radius 1 is 0.638 bits per heavy atom. The van der Waals surface area contributed by atoms with E-state index in [0.717, 1.165) is 58.5 Å². The lowest BCUT2D eigenvalue weighted by Crippen LogP contribution is -2.33. The predicted molar refractivity (Wildman–Crippen MR) is 183 cm³/mol. The van der Waals surface area contributed by atoms with E-state index in [1.807, 2.05) is 97.1 Å². The molecule has 0 amide bonds. The van der Waals surface area contributed by atoms with Gasteiger partial charge in [0, 0.05) is 59.0 Å². The zero-order chi connectivity index (χ0) is 32.7. The third kappa shape index (κ3) is 4.79. The Hall–Kier alpha value is -5.63. The molecule has 0 aromatic heterocycles. The van der Waals surface area contributed by atoms with Crippen molar-refractivity contribution in [3.05, 3.63) is 125 Å². The van der Waals surface area contributed by atoms with Gasteiger partial charge in [0.2, 0.25) is 0 Å². The number of benzene rings is 5. The van der Waals surface area contributed by atoms with Gasteiger partial charge in [0.15, 0.2) is 5.60 Å². The fourth-order valence-electron chi connectivity index (χ4n) is 6.69. The van der Waals surface area contributed by atoms with Crippen LogP contribution in [0.5, 0.6) is 28.7 Å². The van der Waals surface area contributed by atoms with Crippen molar-refractivity contribution in [1.82, 2.24) is 0 Å². The fraction of sp³-hybridized carbons (Fsp3) is 0.205. The summed E-state index contributed by atoms with van der Waals surface area (Å²) in [6, 6.07) is 33.2. The Balaban J connectivity index is 1.49. The van der Waals surface area contributed by atoms with Crippen molar-refractivity contribution < 1.29 is 28.5 Å². The van der Waals surface area contributed by atoms with Crippen molar-refractivity contribution in [2.45, 2.75) is 19.4 Å². The molecule has 0 fully saturated rings. The molecule has 0 saturated carbocycles. The normalized spacial score (nSPS) is 15.6. The minimum Gasteiger partial charge on any atom is -0.497 e. The van der Waals surface area contributed by atoms with Gasteiger partial charge in [-0.25, -0.2) is 4.79 Å². The van der Waals surface area contributed by atoms with Crippen LogP contribution in [0.1, 0.15) is 40.9 Å². The van der Waals surface area contributed by atoms with E-state index in [1.165, 1.54) is 0 Å². The quantitative estimate of drug-likeness (QED) is 0.150. The molecular formula is C39H36N2O6. The Morgan fingerprint density at radius 3 is 1.83 bits per heavy atom. The van der Waals surface area contributed by atoms with Crippen molar-refractivity contribution >= 4 is 28.7 Å². The molecule has 2 heterocycles. The summed E-state index contributed by atoms with van der Waals surface area (Å²) in [4.78, 5) is 17.9. The summed E-state index contributed by atoms with van der Waals surface area (Å²) in [7, 11) is 4.93. The monoisotopic (exact) mass is 628 g/mol. The van der Waals surface area contributed by atoms with E-state index in [-0.39, 0.29) is 5.97 Å². The van der Waals surface area contributed by atoms with Crippen LogP contribution in [0.15, 0.2) is 103 Å². The summed E-state index contributed by atoms with van der Waals surface area (Å²) in [6.45, 7) is 5.94. The first-order chi connectivity index (χ1) is 22.9. The van der Waals surface area contributed by atoms with Gasteiger partial charge in [-0.05, 0) is 86.6 Å². The van der Waals surface area contributed by atoms with Crippen LogP contribution in [0.3, 0.4) is 0 Å². The zero-order valence-electron chi connectivity index (χ0n) is 27.1. The number of esters is 1. The minimum absolute atomic E-state index is 0.383. The van der Waals surface area contributed by atoms with Crippen LogP contribution in [-0.4, -0.2) is 40.4 Å². The molecule has 0 saturated heterocycles. The van der Waals surface area contributed by atoms with E-state index in [2.05, 4.69) is 29.7 Å². The van der Waals surface area contributed by atoms with Gasteiger partial charge in [-0.2, -0.15) is 0 Å². The van der Waals surface area contributed by atoms with Crippen LogP contribution >= 0.6 is 0 Å². The number of methoxy groups -OCH3 is 3. The zero-order valence-corrected chi connectivity index (χ0v) is 27.1. The number of carbonyl (C=O) groups excluding carboxylic acids is 1. The van der Waals surface area contributed by atoms with Gasteiger partial charge in [0.05, 0.1) is 32.6 Å². The molecule has 5 aromatic rings. The van der Waals surface area contributed by atoms with E-state index >= 15 is 0 Å². The molecule has 1 unspecified atom stereocenters. The molecule has 8 nitrogen and oxygen atoms in total. The Morgan fingerprint density at radius 2 is 1.23 bits per heavy atom. The molecule has 238 valence electrons. The Kier molecular flexibility index (Phi) is 7.64. The molecule has 0 bridgehead atoms. The number of hydrogen-bond donors (Lipinski definition) is 0. The van der Waals surface area contributed by atoms with Crippen LogP contribution < -0.4 is 28.7 Å². The van der Waals surface area contributed by atoms with E-state index in [0.29, 0.717) is 28.4 Å². The van der Waals surface area contributed by atoms with Crippen LogP contribution in [-0.2, 0) is 10.3 Å². The topological polar surface area (TPSA) is 69.7 Å². The second-order valence-electron chi connectivity index (χ2n) is 11.3. The third-order valence-corrected chi connectivity index (χ3v) is 9.03. The van der Waals surface area contributed by atoms with Crippen molar-refractivity contribution in [2.24, 2.45) is 0 Å². The average molecular weight is 629 g/mol. The summed E-state index contributed by atoms with van der Waals surface area (Å²) in [5.74, 6) is 2.84. The van der Waals surface area contributed by atoms with Gasteiger partial charge < -0.3 is 33.5 Å². The third-order valence-electron chi connectivity index (χ3n) is 9.03. The Labute approximate surface area is 274 Å². The molecule has 5 aromatic carbocycles. The molecule has 1 spiro atoms. The first-order valence-corrected chi connectivity index (χ1v) is 15.7. The first kappa shape index (κ1) is 30.0. The molecule has 47 heavy (non-hydrogen) atoms. The number of fused-ring (bicyclic) bond motifs is 6. The van der Waals surface area contributed by atoms with Crippen LogP contribution in [0.4, 0.5) is 22.7 Å². The van der Waals surface area contributed by atoms with Gasteiger partial charge in [0.25, 0.3) is 0 Å². The fourth-order valence-corrected chi connectivity index (χ4v) is 6.69. The number of rotatable bonds is 9. The van der Waals surface area contributed by atoms with Gasteiger partial charge in [-0.15, -0.1) is 0 Å². The van der Waals surface area contributed by atoms with Crippen LogP contribution in [0, 0.1) is 0 Å².